The van der Waals surface area contributed by atoms with Gasteiger partial charge in [-0.15, -0.1) is 0 Å². The van der Waals surface area contributed by atoms with Crippen LogP contribution in [0.3, 0.4) is 0 Å². The number of carbonyl (C=O) groups is 1. The zero-order valence-electron chi connectivity index (χ0n) is 10.7. The first-order valence-electron chi connectivity index (χ1n) is 5.95. The molecular weight excluding hydrogens is 235 g/mol. The molecular formula is C16H13BO2. The Morgan fingerprint density at radius 3 is 2.21 bits per heavy atom. The van der Waals surface area contributed by atoms with Crippen molar-refractivity contribution < 1.29 is 9.45 Å². The SMILES string of the molecule is [B]Oc1ccc(C=C(C(C)=O)c2ccccc2)cc1. The summed E-state index contributed by atoms with van der Waals surface area (Å²) in [6, 6.07) is 16.8. The average molecular weight is 248 g/mol. The van der Waals surface area contributed by atoms with Crippen molar-refractivity contribution >= 4 is 25.5 Å². The summed E-state index contributed by atoms with van der Waals surface area (Å²) >= 11 is 0. The molecule has 2 radical (unpaired) electrons. The molecule has 0 saturated carbocycles. The zero-order valence-corrected chi connectivity index (χ0v) is 10.7. The lowest BCUT2D eigenvalue weighted by Gasteiger charge is -2.05. The first-order chi connectivity index (χ1) is 9.20. The Balaban J connectivity index is 2.38. The molecule has 0 spiro atoms. The number of benzene rings is 2. The molecule has 0 fully saturated rings. The van der Waals surface area contributed by atoms with E-state index in [-0.39, 0.29) is 5.78 Å². The van der Waals surface area contributed by atoms with Crippen LogP contribution in [0.25, 0.3) is 11.6 Å². The molecule has 0 atom stereocenters. The van der Waals surface area contributed by atoms with Crippen molar-refractivity contribution in [1.82, 2.24) is 0 Å². The van der Waals surface area contributed by atoms with Gasteiger partial charge in [-0.2, -0.15) is 0 Å². The molecule has 92 valence electrons. The molecule has 2 aromatic carbocycles. The van der Waals surface area contributed by atoms with Crippen molar-refractivity contribution in [3.05, 3.63) is 65.7 Å². The van der Waals surface area contributed by atoms with Crippen LogP contribution in [0.2, 0.25) is 0 Å². The molecule has 0 aliphatic heterocycles. The zero-order chi connectivity index (χ0) is 13.7. The lowest BCUT2D eigenvalue weighted by Crippen LogP contribution is -1.95. The minimum absolute atomic E-state index is 0.0327. The van der Waals surface area contributed by atoms with Gasteiger partial charge in [0.1, 0.15) is 0 Å². The number of carbonyl (C=O) groups excluding carboxylic acids is 1. The average Bonchev–Trinajstić information content (AvgIpc) is 2.46. The van der Waals surface area contributed by atoms with Crippen LogP contribution in [0.4, 0.5) is 0 Å². The number of hydrogen-bond acceptors (Lipinski definition) is 2. The highest BCUT2D eigenvalue weighted by atomic mass is 16.4. The van der Waals surface area contributed by atoms with Crippen LogP contribution < -0.4 is 4.65 Å². The lowest BCUT2D eigenvalue weighted by molar-refractivity contribution is -0.111. The van der Waals surface area contributed by atoms with Crippen molar-refractivity contribution in [3.63, 3.8) is 0 Å². The van der Waals surface area contributed by atoms with Gasteiger partial charge in [0.05, 0.1) is 5.75 Å². The van der Waals surface area contributed by atoms with E-state index in [4.69, 9.17) is 8.05 Å². The minimum Gasteiger partial charge on any atom is -0.568 e. The summed E-state index contributed by atoms with van der Waals surface area (Å²) in [7, 11) is 5.07. The van der Waals surface area contributed by atoms with Gasteiger partial charge < -0.3 is 4.65 Å². The van der Waals surface area contributed by atoms with Crippen LogP contribution in [0.15, 0.2) is 54.6 Å². The van der Waals surface area contributed by atoms with Gasteiger partial charge in [0.25, 0.3) is 0 Å². The summed E-state index contributed by atoms with van der Waals surface area (Å²) in [4.78, 5) is 11.8. The first kappa shape index (κ1) is 13.2. The third kappa shape index (κ3) is 3.35. The Labute approximate surface area is 114 Å². The number of Topliss-reactive ketones (excluding diaryl/α,β-unsaturated/α-hetero) is 1. The molecule has 3 heteroatoms. The summed E-state index contributed by atoms with van der Waals surface area (Å²) < 4.78 is 4.62. The van der Waals surface area contributed by atoms with Crippen LogP contribution in [0, 0.1) is 0 Å². The fraction of sp³-hybridized carbons (Fsp3) is 0.0625. The topological polar surface area (TPSA) is 26.3 Å². The minimum atomic E-state index is 0.0327. The molecule has 0 N–H and O–H groups in total. The van der Waals surface area contributed by atoms with Crippen LogP contribution in [0.5, 0.6) is 5.75 Å². The van der Waals surface area contributed by atoms with E-state index in [0.29, 0.717) is 11.3 Å². The Bertz CT molecular complexity index is 586. The van der Waals surface area contributed by atoms with Gasteiger partial charge in [-0.1, -0.05) is 42.5 Å². The monoisotopic (exact) mass is 248 g/mol. The van der Waals surface area contributed by atoms with Gasteiger partial charge in [-0.25, -0.2) is 0 Å². The maximum Gasteiger partial charge on any atom is 0.374 e. The van der Waals surface area contributed by atoms with E-state index < -0.39 is 0 Å². The maximum absolute atomic E-state index is 11.8. The summed E-state index contributed by atoms with van der Waals surface area (Å²) in [6.45, 7) is 1.57. The molecule has 0 amide bonds. The molecule has 0 unspecified atom stereocenters. The van der Waals surface area contributed by atoms with E-state index in [1.54, 1.807) is 19.1 Å². The summed E-state index contributed by atoms with van der Waals surface area (Å²) in [5, 5.41) is 0. The van der Waals surface area contributed by atoms with Crippen molar-refractivity contribution in [3.8, 4) is 5.75 Å². The quantitative estimate of drug-likeness (QED) is 0.471. The number of rotatable bonds is 4. The Morgan fingerprint density at radius 1 is 1.05 bits per heavy atom. The smallest absolute Gasteiger partial charge is 0.374 e. The van der Waals surface area contributed by atoms with Gasteiger partial charge in [0.2, 0.25) is 0 Å². The van der Waals surface area contributed by atoms with Gasteiger partial charge in [0, 0.05) is 5.57 Å². The summed E-state index contributed by atoms with van der Waals surface area (Å²) in [5.41, 5.74) is 2.52. The predicted octanol–water partition coefficient (Wildman–Crippen LogP) is 3.28. The van der Waals surface area contributed by atoms with E-state index in [0.717, 1.165) is 11.1 Å². The van der Waals surface area contributed by atoms with Crippen molar-refractivity contribution in [2.45, 2.75) is 6.92 Å². The molecule has 0 saturated heterocycles. The van der Waals surface area contributed by atoms with Crippen LogP contribution in [0.1, 0.15) is 18.1 Å². The molecule has 0 bridgehead atoms. The Hall–Kier alpha value is -2.29. The van der Waals surface area contributed by atoms with Crippen LogP contribution >= 0.6 is 0 Å². The maximum atomic E-state index is 11.8. The molecule has 0 aliphatic carbocycles. The van der Waals surface area contributed by atoms with Gasteiger partial charge in [0.15, 0.2) is 5.78 Å². The van der Waals surface area contributed by atoms with Crippen molar-refractivity contribution in [1.29, 1.82) is 0 Å². The predicted molar refractivity (Wildman–Crippen MR) is 77.8 cm³/mol. The second-order valence-corrected chi connectivity index (χ2v) is 4.17. The molecule has 2 nitrogen and oxygen atoms in total. The fourth-order valence-corrected chi connectivity index (χ4v) is 1.82. The molecule has 0 aliphatic rings. The largest absolute Gasteiger partial charge is 0.568 e. The highest BCUT2D eigenvalue weighted by Gasteiger charge is 2.06. The highest BCUT2D eigenvalue weighted by Crippen LogP contribution is 2.20. The fourth-order valence-electron chi connectivity index (χ4n) is 1.82. The van der Waals surface area contributed by atoms with Crippen LogP contribution in [-0.4, -0.2) is 13.8 Å². The van der Waals surface area contributed by atoms with Gasteiger partial charge >= 0.3 is 8.05 Å². The third-order valence-electron chi connectivity index (χ3n) is 2.79. The highest BCUT2D eigenvalue weighted by molar-refractivity contribution is 6.24. The van der Waals surface area contributed by atoms with Crippen molar-refractivity contribution in [2.75, 3.05) is 0 Å². The number of hydrogen-bond donors (Lipinski definition) is 0. The molecule has 0 aromatic heterocycles. The molecule has 2 aromatic rings. The summed E-state index contributed by atoms with van der Waals surface area (Å²) in [6.07, 6.45) is 1.86. The Kier molecular flexibility index (Phi) is 4.19. The molecule has 0 heterocycles. The summed E-state index contributed by atoms with van der Waals surface area (Å²) in [5.74, 6) is 0.617. The second kappa shape index (κ2) is 6.05. The van der Waals surface area contributed by atoms with Crippen LogP contribution in [-0.2, 0) is 4.79 Å². The van der Waals surface area contributed by atoms with E-state index in [9.17, 15) is 4.79 Å². The van der Waals surface area contributed by atoms with Crippen molar-refractivity contribution in [2.24, 2.45) is 0 Å². The van der Waals surface area contributed by atoms with Gasteiger partial charge in [-0.3, -0.25) is 4.79 Å². The lowest BCUT2D eigenvalue weighted by atomic mass is 10.00. The van der Waals surface area contributed by atoms with E-state index in [1.165, 1.54) is 0 Å². The Morgan fingerprint density at radius 2 is 1.68 bits per heavy atom. The third-order valence-corrected chi connectivity index (χ3v) is 2.79. The molecule has 2 rings (SSSR count). The molecule has 19 heavy (non-hydrogen) atoms. The second-order valence-electron chi connectivity index (χ2n) is 4.17. The van der Waals surface area contributed by atoms with E-state index in [2.05, 4.69) is 4.65 Å². The number of allylic oxidation sites excluding steroid dienone is 1. The van der Waals surface area contributed by atoms with Gasteiger partial charge in [-0.05, 0) is 36.3 Å². The normalized spacial score (nSPS) is 11.1. The first-order valence-corrected chi connectivity index (χ1v) is 5.95. The standard InChI is InChI=1S/C16H13BO2/c1-12(18)16(14-5-3-2-4-6-14)11-13-7-9-15(19-17)10-8-13/h2-11H,1H3. The van der Waals surface area contributed by atoms with E-state index in [1.807, 2.05) is 48.5 Å². The number of ketones is 1. The van der Waals surface area contributed by atoms with E-state index >= 15 is 0 Å².